The van der Waals surface area contributed by atoms with Crippen LogP contribution in [0.15, 0.2) is 53.7 Å². The maximum atomic E-state index is 13.0. The number of fused-ring (bicyclic) bond motifs is 3. The second kappa shape index (κ2) is 9.78. The van der Waals surface area contributed by atoms with Gasteiger partial charge in [-0.15, -0.1) is 10.2 Å². The van der Waals surface area contributed by atoms with Crippen LogP contribution in [-0.4, -0.2) is 72.8 Å². The number of nitrogens with zero attached hydrogens (tertiary/aromatic N) is 6. The molecule has 1 saturated heterocycles. The molecule has 2 aromatic heterocycles. The highest BCUT2D eigenvalue weighted by atomic mass is 32.2. The van der Waals surface area contributed by atoms with Crippen LogP contribution in [0.5, 0.6) is 0 Å². The van der Waals surface area contributed by atoms with Gasteiger partial charge in [-0.1, -0.05) is 53.7 Å². The summed E-state index contributed by atoms with van der Waals surface area (Å²) in [5.41, 5.74) is 4.95. The van der Waals surface area contributed by atoms with E-state index in [2.05, 4.69) is 52.0 Å². The van der Waals surface area contributed by atoms with Gasteiger partial charge in [0.15, 0.2) is 5.65 Å². The number of carbonyl (C=O) groups is 2. The third-order valence-electron chi connectivity index (χ3n) is 7.30. The maximum Gasteiger partial charge on any atom is 0.233 e. The average Bonchev–Trinajstić information content (AvgIpc) is 3.72. The van der Waals surface area contributed by atoms with Gasteiger partial charge in [-0.2, -0.15) is 0 Å². The Labute approximate surface area is 220 Å². The number of hydrogen-bond donors (Lipinski definition) is 0. The van der Waals surface area contributed by atoms with Crippen molar-refractivity contribution in [3.05, 3.63) is 59.7 Å². The van der Waals surface area contributed by atoms with E-state index < -0.39 is 0 Å². The zero-order valence-electron chi connectivity index (χ0n) is 21.1. The van der Waals surface area contributed by atoms with Crippen LogP contribution in [0.3, 0.4) is 0 Å². The van der Waals surface area contributed by atoms with Crippen molar-refractivity contribution >= 4 is 45.6 Å². The zero-order valence-corrected chi connectivity index (χ0v) is 21.9. The van der Waals surface area contributed by atoms with Gasteiger partial charge in [-0.25, -0.2) is 4.98 Å². The molecule has 9 heteroatoms. The third-order valence-corrected chi connectivity index (χ3v) is 8.12. The van der Waals surface area contributed by atoms with Crippen LogP contribution in [0.25, 0.3) is 22.1 Å². The zero-order chi connectivity index (χ0) is 25.5. The van der Waals surface area contributed by atoms with Gasteiger partial charge in [0.05, 0.1) is 11.3 Å². The molecule has 2 aromatic carbocycles. The number of piperazine rings is 1. The van der Waals surface area contributed by atoms with E-state index in [-0.39, 0.29) is 29.5 Å². The van der Waals surface area contributed by atoms with Crippen molar-refractivity contribution in [1.29, 1.82) is 0 Å². The first-order valence-electron chi connectivity index (χ1n) is 12.9. The SMILES string of the molecule is Cc1ccc2c(c1)c1nnc(SCC(=O)N3CCN(C(=O)C4CC4)C(C)C3)nc1n2Cc1ccccc1. The molecule has 190 valence electrons. The molecule has 37 heavy (non-hydrogen) atoms. The van der Waals surface area contributed by atoms with E-state index in [1.807, 2.05) is 34.9 Å². The first kappa shape index (κ1) is 23.9. The molecule has 0 bridgehead atoms. The summed E-state index contributed by atoms with van der Waals surface area (Å²) in [6, 6.07) is 16.7. The fourth-order valence-corrected chi connectivity index (χ4v) is 5.82. The number of rotatable bonds is 6. The molecule has 2 amide bonds. The molecule has 0 spiro atoms. The number of carbonyl (C=O) groups excluding carboxylic acids is 2. The third kappa shape index (κ3) is 4.80. The summed E-state index contributed by atoms with van der Waals surface area (Å²) in [4.78, 5) is 34.2. The topological polar surface area (TPSA) is 84.2 Å². The summed E-state index contributed by atoms with van der Waals surface area (Å²) < 4.78 is 2.18. The second-order valence-corrected chi connectivity index (χ2v) is 11.1. The van der Waals surface area contributed by atoms with Gasteiger partial charge in [0.1, 0.15) is 5.52 Å². The number of aromatic nitrogens is 4. The lowest BCUT2D eigenvalue weighted by Gasteiger charge is -2.40. The van der Waals surface area contributed by atoms with Gasteiger partial charge in [-0.05, 0) is 44.4 Å². The molecule has 2 aliphatic rings. The Balaban J connectivity index is 1.20. The molecule has 1 saturated carbocycles. The van der Waals surface area contributed by atoms with E-state index >= 15 is 0 Å². The van der Waals surface area contributed by atoms with Gasteiger partial charge >= 0.3 is 0 Å². The minimum absolute atomic E-state index is 0.0412. The second-order valence-electron chi connectivity index (χ2n) is 10.1. The normalized spacial score (nSPS) is 18.1. The fourth-order valence-electron chi connectivity index (χ4n) is 5.14. The Morgan fingerprint density at radius 2 is 1.86 bits per heavy atom. The Kier molecular flexibility index (Phi) is 6.32. The van der Waals surface area contributed by atoms with Crippen molar-refractivity contribution in [3.8, 4) is 0 Å². The highest BCUT2D eigenvalue weighted by molar-refractivity contribution is 7.99. The smallest absolute Gasteiger partial charge is 0.233 e. The number of amides is 2. The molecule has 1 aliphatic carbocycles. The van der Waals surface area contributed by atoms with Crippen molar-refractivity contribution in [2.24, 2.45) is 5.92 Å². The van der Waals surface area contributed by atoms with Crippen molar-refractivity contribution in [2.75, 3.05) is 25.4 Å². The Morgan fingerprint density at radius 1 is 1.05 bits per heavy atom. The predicted octanol–water partition coefficient (Wildman–Crippen LogP) is 3.90. The lowest BCUT2D eigenvalue weighted by Crippen LogP contribution is -2.56. The molecular formula is C28H30N6O2S. The van der Waals surface area contributed by atoms with Crippen LogP contribution in [-0.2, 0) is 16.1 Å². The molecule has 3 heterocycles. The lowest BCUT2D eigenvalue weighted by atomic mass is 10.1. The molecule has 4 aromatic rings. The maximum absolute atomic E-state index is 13.0. The summed E-state index contributed by atoms with van der Waals surface area (Å²) in [7, 11) is 0. The quantitative estimate of drug-likeness (QED) is 0.363. The van der Waals surface area contributed by atoms with Crippen molar-refractivity contribution in [3.63, 3.8) is 0 Å². The number of benzene rings is 2. The summed E-state index contributed by atoms with van der Waals surface area (Å²) in [5, 5.41) is 10.4. The Hall–Kier alpha value is -3.46. The molecule has 2 fully saturated rings. The summed E-state index contributed by atoms with van der Waals surface area (Å²) in [6.45, 7) is 6.52. The van der Waals surface area contributed by atoms with Crippen LogP contribution in [0.1, 0.15) is 30.9 Å². The van der Waals surface area contributed by atoms with E-state index in [1.165, 1.54) is 17.3 Å². The van der Waals surface area contributed by atoms with Crippen molar-refractivity contribution in [2.45, 2.75) is 44.4 Å². The van der Waals surface area contributed by atoms with Crippen LogP contribution >= 0.6 is 11.8 Å². The molecule has 8 nitrogen and oxygen atoms in total. The minimum atomic E-state index is 0.0412. The molecule has 0 N–H and O–H groups in total. The highest BCUT2D eigenvalue weighted by Crippen LogP contribution is 2.32. The van der Waals surface area contributed by atoms with Crippen molar-refractivity contribution in [1.82, 2.24) is 29.5 Å². The van der Waals surface area contributed by atoms with Gasteiger partial charge in [0.2, 0.25) is 17.0 Å². The van der Waals surface area contributed by atoms with E-state index in [9.17, 15) is 9.59 Å². The van der Waals surface area contributed by atoms with Crippen molar-refractivity contribution < 1.29 is 9.59 Å². The van der Waals surface area contributed by atoms with Crippen LogP contribution in [0, 0.1) is 12.8 Å². The van der Waals surface area contributed by atoms with E-state index in [1.54, 1.807) is 0 Å². The molecular weight excluding hydrogens is 484 g/mol. The molecule has 1 aliphatic heterocycles. The first-order chi connectivity index (χ1) is 18.0. The van der Waals surface area contributed by atoms with E-state index in [0.29, 0.717) is 31.3 Å². The number of hydrogen-bond acceptors (Lipinski definition) is 6. The molecule has 1 atom stereocenters. The Morgan fingerprint density at radius 3 is 2.62 bits per heavy atom. The van der Waals surface area contributed by atoms with Gasteiger partial charge in [-0.3, -0.25) is 9.59 Å². The van der Waals surface area contributed by atoms with Gasteiger partial charge < -0.3 is 14.4 Å². The average molecular weight is 515 g/mol. The van der Waals surface area contributed by atoms with E-state index in [0.717, 1.165) is 40.5 Å². The number of aryl methyl sites for hydroxylation is 1. The summed E-state index contributed by atoms with van der Waals surface area (Å²) >= 11 is 1.32. The first-order valence-corrected chi connectivity index (χ1v) is 13.8. The van der Waals surface area contributed by atoms with Gasteiger partial charge in [0.25, 0.3) is 0 Å². The largest absolute Gasteiger partial charge is 0.338 e. The summed E-state index contributed by atoms with van der Waals surface area (Å²) in [6.07, 6.45) is 2.01. The molecule has 1 unspecified atom stereocenters. The monoisotopic (exact) mass is 514 g/mol. The minimum Gasteiger partial charge on any atom is -0.338 e. The van der Waals surface area contributed by atoms with Crippen LogP contribution < -0.4 is 0 Å². The number of thioether (sulfide) groups is 1. The fraction of sp³-hybridized carbons (Fsp3) is 0.393. The molecule has 0 radical (unpaired) electrons. The predicted molar refractivity (Wildman–Crippen MR) is 144 cm³/mol. The standard InChI is InChI=1S/C28H30N6O2S/c1-18-8-11-23-22(14-18)25-26(34(23)16-20-6-4-3-5-7-20)29-28(31-30-25)37-17-24(35)32-12-13-33(19(2)15-32)27(36)21-9-10-21/h3-8,11,14,19,21H,9-10,12-13,15-17H2,1-2H3. The lowest BCUT2D eigenvalue weighted by molar-refractivity contribution is -0.142. The van der Waals surface area contributed by atoms with Gasteiger partial charge in [0, 0.05) is 43.5 Å². The highest BCUT2D eigenvalue weighted by Gasteiger charge is 2.38. The van der Waals surface area contributed by atoms with E-state index in [4.69, 9.17) is 4.98 Å². The Bertz CT molecular complexity index is 1480. The molecule has 6 rings (SSSR count). The van der Waals surface area contributed by atoms with Crippen LogP contribution in [0.4, 0.5) is 0 Å². The summed E-state index contributed by atoms with van der Waals surface area (Å²) in [5.74, 6) is 0.748. The van der Waals surface area contributed by atoms with Crippen LogP contribution in [0.2, 0.25) is 0 Å².